The Kier molecular flexibility index (Phi) is 7.18. The summed E-state index contributed by atoms with van der Waals surface area (Å²) in [7, 11) is -1.94. The quantitative estimate of drug-likeness (QED) is 0.643. The summed E-state index contributed by atoms with van der Waals surface area (Å²) in [5.41, 5.74) is 1.32. The lowest BCUT2D eigenvalue weighted by atomic mass is 10.1. The Hall–Kier alpha value is -2.49. The first kappa shape index (κ1) is 21.2. The van der Waals surface area contributed by atoms with Gasteiger partial charge in [-0.05, 0) is 35.9 Å². The minimum absolute atomic E-state index is 0.0814. The van der Waals surface area contributed by atoms with Crippen LogP contribution >= 0.6 is 0 Å². The summed E-state index contributed by atoms with van der Waals surface area (Å²) in [6, 6.07) is 10.5. The van der Waals surface area contributed by atoms with Crippen LogP contribution in [0.3, 0.4) is 0 Å². The molecule has 0 N–H and O–H groups in total. The fraction of sp³-hybridized carbons (Fsp3) is 0.400. The van der Waals surface area contributed by atoms with Gasteiger partial charge < -0.3 is 14.4 Å². The molecule has 1 aliphatic heterocycles. The number of rotatable bonds is 8. The number of sulfonamides is 1. The maximum Gasteiger partial charge on any atom is 0.254 e. The SMILES string of the molecule is COc1cccc(C(=O)N(CCS(=O)(=O)N2CCOCC2)Cc2ccncc2)c1. The second kappa shape index (κ2) is 9.82. The van der Waals surface area contributed by atoms with E-state index in [4.69, 9.17) is 9.47 Å². The fourth-order valence-corrected chi connectivity index (χ4v) is 4.49. The minimum atomic E-state index is -3.48. The van der Waals surface area contributed by atoms with Crippen LogP contribution in [0, 0.1) is 0 Å². The molecule has 0 radical (unpaired) electrons. The highest BCUT2D eigenvalue weighted by Crippen LogP contribution is 2.17. The molecule has 2 aromatic rings. The first-order valence-electron chi connectivity index (χ1n) is 9.37. The van der Waals surface area contributed by atoms with Gasteiger partial charge in [0.15, 0.2) is 0 Å². The highest BCUT2D eigenvalue weighted by atomic mass is 32.2. The van der Waals surface area contributed by atoms with Crippen molar-refractivity contribution >= 4 is 15.9 Å². The molecule has 1 amide bonds. The maximum absolute atomic E-state index is 13.1. The van der Waals surface area contributed by atoms with Gasteiger partial charge in [0.25, 0.3) is 5.91 Å². The van der Waals surface area contributed by atoms with Crippen molar-refractivity contribution in [1.82, 2.24) is 14.2 Å². The average molecular weight is 420 g/mol. The molecule has 1 saturated heterocycles. The lowest BCUT2D eigenvalue weighted by molar-refractivity contribution is 0.0716. The zero-order valence-electron chi connectivity index (χ0n) is 16.4. The third-order valence-electron chi connectivity index (χ3n) is 4.71. The number of pyridine rings is 1. The van der Waals surface area contributed by atoms with Crippen molar-refractivity contribution < 1.29 is 22.7 Å². The highest BCUT2D eigenvalue weighted by molar-refractivity contribution is 7.89. The molecule has 156 valence electrons. The summed E-state index contributed by atoms with van der Waals surface area (Å²) in [6.07, 6.45) is 3.29. The van der Waals surface area contributed by atoms with Crippen molar-refractivity contribution in [3.63, 3.8) is 0 Å². The van der Waals surface area contributed by atoms with Crippen molar-refractivity contribution in [2.24, 2.45) is 0 Å². The maximum atomic E-state index is 13.1. The molecular formula is C20H25N3O5S. The van der Waals surface area contributed by atoms with Crippen LogP contribution in [0.4, 0.5) is 0 Å². The number of amides is 1. The first-order valence-corrected chi connectivity index (χ1v) is 11.0. The van der Waals surface area contributed by atoms with Gasteiger partial charge in [0.05, 0.1) is 26.1 Å². The van der Waals surface area contributed by atoms with E-state index < -0.39 is 10.0 Å². The monoisotopic (exact) mass is 419 g/mol. The van der Waals surface area contributed by atoms with Crippen molar-refractivity contribution in [3.05, 3.63) is 59.9 Å². The zero-order valence-corrected chi connectivity index (χ0v) is 17.2. The normalized spacial score (nSPS) is 15.1. The fourth-order valence-electron chi connectivity index (χ4n) is 3.08. The molecule has 9 heteroatoms. The van der Waals surface area contributed by atoms with Gasteiger partial charge in [0, 0.05) is 44.1 Å². The van der Waals surface area contributed by atoms with Gasteiger partial charge in [0.1, 0.15) is 5.75 Å². The average Bonchev–Trinajstić information content (AvgIpc) is 2.77. The number of ether oxygens (including phenoxy) is 2. The molecule has 1 aliphatic rings. The smallest absolute Gasteiger partial charge is 0.254 e. The molecule has 0 unspecified atom stereocenters. The zero-order chi connectivity index (χ0) is 20.7. The van der Waals surface area contributed by atoms with Crippen LogP contribution in [0.15, 0.2) is 48.8 Å². The second-order valence-electron chi connectivity index (χ2n) is 6.64. The third-order valence-corrected chi connectivity index (χ3v) is 6.56. The summed E-state index contributed by atoms with van der Waals surface area (Å²) in [5, 5.41) is 0. The Morgan fingerprint density at radius 1 is 1.21 bits per heavy atom. The van der Waals surface area contributed by atoms with E-state index in [0.29, 0.717) is 37.6 Å². The number of aromatic nitrogens is 1. The summed E-state index contributed by atoms with van der Waals surface area (Å²) in [6.45, 7) is 1.84. The van der Waals surface area contributed by atoms with Crippen molar-refractivity contribution in [1.29, 1.82) is 0 Å². The van der Waals surface area contributed by atoms with Crippen LogP contribution in [0.1, 0.15) is 15.9 Å². The molecule has 1 aromatic heterocycles. The Balaban J connectivity index is 1.77. The molecule has 0 saturated carbocycles. The first-order chi connectivity index (χ1) is 14.0. The van der Waals surface area contributed by atoms with Gasteiger partial charge >= 0.3 is 0 Å². The lowest BCUT2D eigenvalue weighted by Crippen LogP contribution is -2.44. The number of carbonyl (C=O) groups is 1. The van der Waals surface area contributed by atoms with Crippen LogP contribution in [0.5, 0.6) is 5.75 Å². The minimum Gasteiger partial charge on any atom is -0.497 e. The topological polar surface area (TPSA) is 89.0 Å². The van der Waals surface area contributed by atoms with Gasteiger partial charge in [-0.2, -0.15) is 4.31 Å². The predicted octanol–water partition coefficient (Wildman–Crippen LogP) is 1.39. The molecule has 0 spiro atoms. The number of nitrogens with zero attached hydrogens (tertiary/aromatic N) is 3. The summed E-state index contributed by atoms with van der Waals surface area (Å²) >= 11 is 0. The predicted molar refractivity (Wildman–Crippen MR) is 108 cm³/mol. The van der Waals surface area contributed by atoms with E-state index in [1.165, 1.54) is 11.4 Å². The van der Waals surface area contributed by atoms with Gasteiger partial charge in [-0.3, -0.25) is 9.78 Å². The van der Waals surface area contributed by atoms with E-state index in [1.807, 2.05) is 12.1 Å². The number of hydrogen-bond acceptors (Lipinski definition) is 6. The van der Waals surface area contributed by atoms with Gasteiger partial charge in [-0.15, -0.1) is 0 Å². The molecule has 8 nitrogen and oxygen atoms in total. The van der Waals surface area contributed by atoms with E-state index in [9.17, 15) is 13.2 Å². The third kappa shape index (κ3) is 5.75. The van der Waals surface area contributed by atoms with Crippen LogP contribution in [0.25, 0.3) is 0 Å². The Morgan fingerprint density at radius 2 is 1.93 bits per heavy atom. The molecule has 0 aliphatic carbocycles. The number of hydrogen-bond donors (Lipinski definition) is 0. The number of morpholine rings is 1. The van der Waals surface area contributed by atoms with E-state index in [-0.39, 0.29) is 24.7 Å². The number of methoxy groups -OCH3 is 1. The van der Waals surface area contributed by atoms with E-state index in [2.05, 4.69) is 4.98 Å². The standard InChI is InChI=1S/C20H25N3O5S/c1-27-19-4-2-3-18(15-19)20(24)22(16-17-5-7-21-8-6-17)11-14-29(25,26)23-9-12-28-13-10-23/h2-8,15H,9-14,16H2,1H3. The van der Waals surface area contributed by atoms with Gasteiger partial charge in [-0.25, -0.2) is 8.42 Å². The molecule has 29 heavy (non-hydrogen) atoms. The number of benzene rings is 1. The molecular weight excluding hydrogens is 394 g/mol. The van der Waals surface area contributed by atoms with E-state index >= 15 is 0 Å². The summed E-state index contributed by atoms with van der Waals surface area (Å²) in [5.74, 6) is 0.173. The lowest BCUT2D eigenvalue weighted by Gasteiger charge is -2.28. The van der Waals surface area contributed by atoms with Gasteiger partial charge in [0.2, 0.25) is 10.0 Å². The van der Waals surface area contributed by atoms with E-state index in [1.54, 1.807) is 41.6 Å². The summed E-state index contributed by atoms with van der Waals surface area (Å²) < 4.78 is 37.3. The van der Waals surface area contributed by atoms with Gasteiger partial charge in [-0.1, -0.05) is 6.07 Å². The molecule has 0 atom stereocenters. The van der Waals surface area contributed by atoms with Crippen molar-refractivity contribution in [3.8, 4) is 5.75 Å². The van der Waals surface area contributed by atoms with E-state index in [0.717, 1.165) is 5.56 Å². The molecule has 0 bridgehead atoms. The van der Waals surface area contributed by atoms with Crippen LogP contribution in [-0.4, -0.2) is 74.2 Å². The molecule has 1 aromatic carbocycles. The summed E-state index contributed by atoms with van der Waals surface area (Å²) in [4.78, 5) is 18.7. The second-order valence-corrected chi connectivity index (χ2v) is 8.73. The molecule has 2 heterocycles. The highest BCUT2D eigenvalue weighted by Gasteiger charge is 2.26. The number of carbonyl (C=O) groups excluding carboxylic acids is 1. The van der Waals surface area contributed by atoms with Crippen molar-refractivity contribution in [2.45, 2.75) is 6.54 Å². The van der Waals surface area contributed by atoms with Crippen LogP contribution in [-0.2, 0) is 21.3 Å². The molecule has 1 fully saturated rings. The Morgan fingerprint density at radius 3 is 2.62 bits per heavy atom. The largest absolute Gasteiger partial charge is 0.497 e. The van der Waals surface area contributed by atoms with Crippen LogP contribution in [0.2, 0.25) is 0 Å². The van der Waals surface area contributed by atoms with Crippen LogP contribution < -0.4 is 4.74 Å². The Labute approximate surface area is 171 Å². The molecule has 3 rings (SSSR count). The van der Waals surface area contributed by atoms with Crippen molar-refractivity contribution in [2.75, 3.05) is 45.7 Å². The Bertz CT molecular complexity index is 915.